The van der Waals surface area contributed by atoms with E-state index in [0.717, 1.165) is 16.7 Å². The van der Waals surface area contributed by atoms with Gasteiger partial charge in [0.2, 0.25) is 0 Å². The minimum atomic E-state index is -1.05. The SMILES string of the molecule is [2H][C@@H](OC[C@H]1O[C@H](OC)[C@H](OCc2ccccc2)[C@@H](OCc2ccccc2)[C@@H]1O)c1ccccc1. The number of rotatable bonds is 11. The molecule has 0 radical (unpaired) electrons. The van der Waals surface area contributed by atoms with Crippen molar-refractivity contribution in [2.75, 3.05) is 13.7 Å². The highest BCUT2D eigenvalue weighted by atomic mass is 16.7. The molecule has 0 bridgehead atoms. The summed E-state index contributed by atoms with van der Waals surface area (Å²) in [4.78, 5) is 0. The van der Waals surface area contributed by atoms with Crippen molar-refractivity contribution in [1.29, 1.82) is 0 Å². The van der Waals surface area contributed by atoms with E-state index in [9.17, 15) is 5.11 Å². The summed E-state index contributed by atoms with van der Waals surface area (Å²) in [5, 5.41) is 11.2. The van der Waals surface area contributed by atoms with Gasteiger partial charge in [0.25, 0.3) is 0 Å². The van der Waals surface area contributed by atoms with E-state index >= 15 is 0 Å². The minimum absolute atomic E-state index is 0.000684. The van der Waals surface area contributed by atoms with E-state index in [-0.39, 0.29) is 6.61 Å². The first-order valence-electron chi connectivity index (χ1n) is 12.0. The highest BCUT2D eigenvalue weighted by Gasteiger charge is 2.47. The first-order chi connectivity index (χ1) is 17.2. The van der Waals surface area contributed by atoms with Gasteiger partial charge < -0.3 is 28.8 Å². The van der Waals surface area contributed by atoms with E-state index in [4.69, 9.17) is 25.1 Å². The standard InChI is InChI=1S/C28H32O6/c1-30-28-27(33-19-23-15-9-4-10-16-23)26(32-18-22-13-7-3-8-14-22)25(29)24(34-28)20-31-17-21-11-5-2-6-12-21/h2-16,24-29H,17-20H2,1H3/t24-,25-,26+,27-,28+/m1/s1/i17D/t17-,24-,25-,26+,27-,28+. The number of benzene rings is 3. The smallest absolute Gasteiger partial charge is 0.186 e. The van der Waals surface area contributed by atoms with Gasteiger partial charge in [0.1, 0.15) is 24.4 Å². The van der Waals surface area contributed by atoms with E-state index in [1.165, 1.54) is 7.11 Å². The number of ether oxygens (including phenoxy) is 5. The van der Waals surface area contributed by atoms with Crippen LogP contribution >= 0.6 is 0 Å². The fraction of sp³-hybridized carbons (Fsp3) is 0.357. The first kappa shape index (κ1) is 23.2. The first-order valence-corrected chi connectivity index (χ1v) is 11.4. The maximum Gasteiger partial charge on any atom is 0.186 e. The molecule has 0 saturated carbocycles. The molecule has 6 heteroatoms. The van der Waals surface area contributed by atoms with Crippen molar-refractivity contribution >= 4 is 0 Å². The number of hydrogen-bond donors (Lipinski definition) is 1. The Morgan fingerprint density at radius 2 is 1.26 bits per heavy atom. The molecule has 1 N–H and O–H groups in total. The highest BCUT2D eigenvalue weighted by molar-refractivity contribution is 5.15. The largest absolute Gasteiger partial charge is 0.387 e. The average Bonchev–Trinajstić information content (AvgIpc) is 2.92. The molecular formula is C28H32O6. The molecule has 0 aromatic heterocycles. The Hall–Kier alpha value is -2.58. The molecular weight excluding hydrogens is 432 g/mol. The Bertz CT molecular complexity index is 990. The minimum Gasteiger partial charge on any atom is -0.387 e. The highest BCUT2D eigenvalue weighted by Crippen LogP contribution is 2.28. The molecule has 1 fully saturated rings. The van der Waals surface area contributed by atoms with Crippen LogP contribution in [0.3, 0.4) is 0 Å². The van der Waals surface area contributed by atoms with Gasteiger partial charge in [-0.25, -0.2) is 0 Å². The van der Waals surface area contributed by atoms with E-state index in [1.54, 1.807) is 0 Å². The van der Waals surface area contributed by atoms with Crippen molar-refractivity contribution in [3.8, 4) is 0 Å². The van der Waals surface area contributed by atoms with Crippen LogP contribution in [0.4, 0.5) is 0 Å². The van der Waals surface area contributed by atoms with Gasteiger partial charge in [0.15, 0.2) is 6.29 Å². The van der Waals surface area contributed by atoms with Gasteiger partial charge in [-0.2, -0.15) is 0 Å². The van der Waals surface area contributed by atoms with Crippen molar-refractivity contribution in [1.82, 2.24) is 0 Å². The maximum atomic E-state index is 11.2. The second-order valence-corrected chi connectivity index (χ2v) is 8.15. The molecule has 0 spiro atoms. The summed E-state index contributed by atoms with van der Waals surface area (Å²) < 4.78 is 38.0. The lowest BCUT2D eigenvalue weighted by Crippen LogP contribution is -2.60. The van der Waals surface area contributed by atoms with Gasteiger partial charge in [-0.15, -0.1) is 0 Å². The maximum absolute atomic E-state index is 11.2. The fourth-order valence-corrected chi connectivity index (χ4v) is 3.89. The van der Waals surface area contributed by atoms with Crippen molar-refractivity contribution < 1.29 is 30.2 Å². The van der Waals surface area contributed by atoms with E-state index < -0.39 is 37.3 Å². The molecule has 0 amide bonds. The van der Waals surface area contributed by atoms with Crippen LogP contribution in [0, 0.1) is 0 Å². The Balaban J connectivity index is 1.47. The van der Waals surface area contributed by atoms with Gasteiger partial charge in [-0.3, -0.25) is 0 Å². The van der Waals surface area contributed by atoms with Gasteiger partial charge in [0.05, 0.1) is 27.8 Å². The molecule has 0 unspecified atom stereocenters. The Kier molecular flexibility index (Phi) is 8.70. The summed E-state index contributed by atoms with van der Waals surface area (Å²) in [5.41, 5.74) is 2.69. The number of aliphatic hydroxyl groups excluding tert-OH is 1. The van der Waals surface area contributed by atoms with Gasteiger partial charge in [0, 0.05) is 7.11 Å². The molecule has 1 aliphatic rings. The third-order valence-corrected chi connectivity index (χ3v) is 5.70. The van der Waals surface area contributed by atoms with Crippen molar-refractivity contribution in [2.24, 2.45) is 0 Å². The van der Waals surface area contributed by atoms with Gasteiger partial charge in [-0.05, 0) is 16.7 Å². The molecule has 3 aromatic rings. The zero-order chi connectivity index (χ0) is 24.5. The summed E-state index contributed by atoms with van der Waals surface area (Å²) in [7, 11) is 1.53. The third kappa shape index (κ3) is 6.73. The average molecular weight is 466 g/mol. The van der Waals surface area contributed by atoms with Crippen LogP contribution in [0.5, 0.6) is 0 Å². The predicted molar refractivity (Wildman–Crippen MR) is 128 cm³/mol. The molecule has 4 rings (SSSR count). The van der Waals surface area contributed by atoms with E-state index in [1.807, 2.05) is 91.0 Å². The second kappa shape index (κ2) is 12.8. The van der Waals surface area contributed by atoms with Gasteiger partial charge >= 0.3 is 0 Å². The normalized spacial score (nSPS) is 26.1. The number of methoxy groups -OCH3 is 1. The molecule has 1 heterocycles. The van der Waals surface area contributed by atoms with Crippen LogP contribution in [-0.4, -0.2) is 49.5 Å². The summed E-state index contributed by atoms with van der Waals surface area (Å²) in [6, 6.07) is 28.8. The summed E-state index contributed by atoms with van der Waals surface area (Å²) in [6.45, 7) is -0.288. The molecule has 180 valence electrons. The van der Waals surface area contributed by atoms with E-state index in [2.05, 4.69) is 0 Å². The summed E-state index contributed by atoms with van der Waals surface area (Å²) >= 11 is 0. The summed E-state index contributed by atoms with van der Waals surface area (Å²) in [6.07, 6.45) is -3.98. The lowest BCUT2D eigenvalue weighted by molar-refractivity contribution is -0.315. The third-order valence-electron chi connectivity index (χ3n) is 5.70. The Labute approximate surface area is 202 Å². The molecule has 6 nitrogen and oxygen atoms in total. The number of hydrogen-bond acceptors (Lipinski definition) is 6. The van der Waals surface area contributed by atoms with Crippen LogP contribution in [0.2, 0.25) is 0 Å². The predicted octanol–water partition coefficient (Wildman–Crippen LogP) is 4.11. The molecule has 34 heavy (non-hydrogen) atoms. The van der Waals surface area contributed by atoms with Crippen LogP contribution in [-0.2, 0) is 43.5 Å². The topological polar surface area (TPSA) is 66.4 Å². The lowest BCUT2D eigenvalue weighted by Gasteiger charge is -2.43. The van der Waals surface area contributed by atoms with Crippen LogP contribution in [0.15, 0.2) is 91.0 Å². The van der Waals surface area contributed by atoms with Gasteiger partial charge in [-0.1, -0.05) is 91.0 Å². The van der Waals surface area contributed by atoms with Crippen LogP contribution in [0.25, 0.3) is 0 Å². The lowest BCUT2D eigenvalue weighted by atomic mass is 9.98. The van der Waals surface area contributed by atoms with Crippen molar-refractivity contribution in [3.05, 3.63) is 108 Å². The second-order valence-electron chi connectivity index (χ2n) is 8.15. The molecule has 0 aliphatic carbocycles. The zero-order valence-corrected chi connectivity index (χ0v) is 19.2. The number of aliphatic hydroxyl groups is 1. The van der Waals surface area contributed by atoms with Crippen LogP contribution in [0.1, 0.15) is 18.1 Å². The quantitative estimate of drug-likeness (QED) is 0.460. The van der Waals surface area contributed by atoms with Crippen molar-refractivity contribution in [2.45, 2.75) is 50.5 Å². The van der Waals surface area contributed by atoms with E-state index in [0.29, 0.717) is 13.2 Å². The molecule has 6 atom stereocenters. The zero-order valence-electron chi connectivity index (χ0n) is 20.2. The molecule has 1 saturated heterocycles. The van der Waals surface area contributed by atoms with Crippen molar-refractivity contribution in [3.63, 3.8) is 0 Å². The Morgan fingerprint density at radius 3 is 1.79 bits per heavy atom. The fourth-order valence-electron chi connectivity index (χ4n) is 3.89. The molecule has 1 aliphatic heterocycles. The Morgan fingerprint density at radius 1 is 0.765 bits per heavy atom. The monoisotopic (exact) mass is 465 g/mol. The van der Waals surface area contributed by atoms with Crippen LogP contribution < -0.4 is 0 Å². The molecule has 3 aromatic carbocycles. The summed E-state index contributed by atoms with van der Waals surface area (Å²) in [5.74, 6) is 0.